The van der Waals surface area contributed by atoms with Gasteiger partial charge in [-0.05, 0) is 48.1 Å². The molecule has 0 aliphatic carbocycles. The van der Waals surface area contributed by atoms with Crippen LogP contribution in [0.15, 0.2) is 30.3 Å². The van der Waals surface area contributed by atoms with Gasteiger partial charge in [0.1, 0.15) is 5.75 Å². The predicted octanol–water partition coefficient (Wildman–Crippen LogP) is 4.00. The highest BCUT2D eigenvalue weighted by Crippen LogP contribution is 2.25. The molecule has 0 amide bonds. The number of hydrogen-bond donors (Lipinski definition) is 1. The van der Waals surface area contributed by atoms with Crippen LogP contribution in [-0.4, -0.2) is 16.5 Å². The fraction of sp³-hybridized carbons (Fsp3) is 0.286. The summed E-state index contributed by atoms with van der Waals surface area (Å²) in [7, 11) is 0. The van der Waals surface area contributed by atoms with Crippen molar-refractivity contribution in [2.45, 2.75) is 20.3 Å². The number of hydrogen-bond acceptors (Lipinski definition) is 4. The normalized spacial score (nSPS) is 10.3. The zero-order valence-electron chi connectivity index (χ0n) is 11.0. The maximum atomic E-state index is 5.81. The Hall–Kier alpha value is -1.37. The Bertz CT molecular complexity index is 560. The number of aromatic nitrogens is 2. The van der Waals surface area contributed by atoms with Crippen LogP contribution in [0, 0.1) is 10.5 Å². The highest BCUT2D eigenvalue weighted by molar-refractivity contribution is 14.1. The Morgan fingerprint density at radius 3 is 2.79 bits per heavy atom. The molecule has 5 heteroatoms. The van der Waals surface area contributed by atoms with Crippen molar-refractivity contribution in [2.75, 3.05) is 11.9 Å². The molecule has 0 spiro atoms. The molecule has 1 aromatic heterocycles. The molecule has 0 aliphatic rings. The Morgan fingerprint density at radius 1 is 1.26 bits per heavy atom. The molecule has 0 fully saturated rings. The van der Waals surface area contributed by atoms with Gasteiger partial charge in [-0.3, -0.25) is 0 Å². The highest BCUT2D eigenvalue weighted by Gasteiger charge is 2.06. The van der Waals surface area contributed by atoms with Gasteiger partial charge in [0.05, 0.1) is 3.57 Å². The number of para-hydroxylation sites is 1. The van der Waals surface area contributed by atoms with Crippen molar-refractivity contribution in [3.63, 3.8) is 0 Å². The van der Waals surface area contributed by atoms with Crippen LogP contribution in [0.2, 0.25) is 0 Å². The van der Waals surface area contributed by atoms with Crippen LogP contribution < -0.4 is 10.1 Å². The van der Waals surface area contributed by atoms with E-state index in [1.54, 1.807) is 0 Å². The second kappa shape index (κ2) is 6.70. The molecule has 19 heavy (non-hydrogen) atoms. The molecule has 1 N–H and O–H groups in total. The van der Waals surface area contributed by atoms with Crippen molar-refractivity contribution < 1.29 is 4.74 Å². The lowest BCUT2D eigenvalue weighted by atomic mass is 10.3. The third-order valence-corrected chi connectivity index (χ3v) is 3.31. The van der Waals surface area contributed by atoms with Crippen molar-refractivity contribution in [2.24, 2.45) is 0 Å². The van der Waals surface area contributed by atoms with Crippen LogP contribution in [0.5, 0.6) is 11.6 Å². The van der Waals surface area contributed by atoms with Gasteiger partial charge < -0.3 is 10.1 Å². The van der Waals surface area contributed by atoms with E-state index >= 15 is 0 Å². The van der Waals surface area contributed by atoms with Gasteiger partial charge in [-0.2, -0.15) is 4.98 Å². The molecule has 2 aromatic rings. The van der Waals surface area contributed by atoms with Crippen molar-refractivity contribution >= 4 is 28.5 Å². The Morgan fingerprint density at radius 2 is 2.05 bits per heavy atom. The average molecular weight is 369 g/mol. The molecule has 0 radical (unpaired) electrons. The lowest BCUT2D eigenvalue weighted by Gasteiger charge is -2.09. The first-order valence-corrected chi connectivity index (χ1v) is 7.29. The zero-order chi connectivity index (χ0) is 13.7. The van der Waals surface area contributed by atoms with Gasteiger partial charge in [0.2, 0.25) is 11.8 Å². The molecule has 0 saturated heterocycles. The van der Waals surface area contributed by atoms with Gasteiger partial charge in [-0.1, -0.05) is 19.1 Å². The van der Waals surface area contributed by atoms with E-state index in [1.807, 2.05) is 37.3 Å². The zero-order valence-corrected chi connectivity index (χ0v) is 13.1. The summed E-state index contributed by atoms with van der Waals surface area (Å²) in [6.07, 6.45) is 1.03. The van der Waals surface area contributed by atoms with E-state index in [2.05, 4.69) is 44.8 Å². The summed E-state index contributed by atoms with van der Waals surface area (Å²) >= 11 is 2.24. The molecule has 0 bridgehead atoms. The van der Waals surface area contributed by atoms with Crippen LogP contribution in [0.4, 0.5) is 5.95 Å². The van der Waals surface area contributed by atoms with Crippen LogP contribution in [-0.2, 0) is 0 Å². The van der Waals surface area contributed by atoms with E-state index < -0.39 is 0 Å². The number of aryl methyl sites for hydroxylation is 1. The molecule has 4 nitrogen and oxygen atoms in total. The molecule has 1 aromatic carbocycles. The predicted molar refractivity (Wildman–Crippen MR) is 84.8 cm³/mol. The standard InChI is InChI=1S/C14H16IN3O/c1-3-8-16-14-17-10(2)9-13(18-14)19-12-7-5-4-6-11(12)15/h4-7,9H,3,8H2,1-2H3,(H,16,17,18). The molecule has 0 atom stereocenters. The van der Waals surface area contributed by atoms with Crippen LogP contribution in [0.25, 0.3) is 0 Å². The Balaban J connectivity index is 2.20. The number of ether oxygens (including phenoxy) is 1. The summed E-state index contributed by atoms with van der Waals surface area (Å²) in [4.78, 5) is 8.69. The van der Waals surface area contributed by atoms with E-state index in [1.165, 1.54) is 0 Å². The first kappa shape index (κ1) is 14.0. The number of benzene rings is 1. The van der Waals surface area contributed by atoms with Gasteiger partial charge in [0, 0.05) is 18.3 Å². The fourth-order valence-electron chi connectivity index (χ4n) is 1.55. The minimum absolute atomic E-state index is 0.565. The number of rotatable bonds is 5. The van der Waals surface area contributed by atoms with Gasteiger partial charge >= 0.3 is 0 Å². The van der Waals surface area contributed by atoms with Gasteiger partial charge in [-0.25, -0.2) is 4.98 Å². The minimum atomic E-state index is 0.565. The van der Waals surface area contributed by atoms with E-state index in [9.17, 15) is 0 Å². The lowest BCUT2D eigenvalue weighted by Crippen LogP contribution is -2.05. The molecule has 100 valence electrons. The number of nitrogens with one attached hydrogen (secondary N) is 1. The van der Waals surface area contributed by atoms with E-state index in [0.29, 0.717) is 11.8 Å². The van der Waals surface area contributed by atoms with Gasteiger partial charge in [-0.15, -0.1) is 0 Å². The molecular weight excluding hydrogens is 353 g/mol. The summed E-state index contributed by atoms with van der Waals surface area (Å²) < 4.78 is 6.87. The quantitative estimate of drug-likeness (QED) is 0.810. The summed E-state index contributed by atoms with van der Waals surface area (Å²) in [6, 6.07) is 9.69. The van der Waals surface area contributed by atoms with Crippen molar-refractivity contribution in [3.8, 4) is 11.6 Å². The van der Waals surface area contributed by atoms with Crippen LogP contribution in [0.3, 0.4) is 0 Å². The molecule has 0 unspecified atom stereocenters. The van der Waals surface area contributed by atoms with E-state index in [-0.39, 0.29) is 0 Å². The minimum Gasteiger partial charge on any atom is -0.438 e. The Labute approximate surface area is 126 Å². The largest absolute Gasteiger partial charge is 0.438 e. The maximum Gasteiger partial charge on any atom is 0.226 e. The molecular formula is C14H16IN3O. The second-order valence-corrected chi connectivity index (χ2v) is 5.29. The fourth-order valence-corrected chi connectivity index (χ4v) is 2.05. The summed E-state index contributed by atoms with van der Waals surface area (Å²) in [6.45, 7) is 4.89. The topological polar surface area (TPSA) is 47.0 Å². The molecule has 1 heterocycles. The average Bonchev–Trinajstić information content (AvgIpc) is 2.38. The summed E-state index contributed by atoms with van der Waals surface area (Å²) in [5, 5.41) is 3.17. The van der Waals surface area contributed by atoms with Crippen molar-refractivity contribution in [1.29, 1.82) is 0 Å². The highest BCUT2D eigenvalue weighted by atomic mass is 127. The molecule has 0 aliphatic heterocycles. The number of nitrogens with zero attached hydrogens (tertiary/aromatic N) is 2. The molecule has 0 saturated carbocycles. The van der Waals surface area contributed by atoms with E-state index in [4.69, 9.17) is 4.74 Å². The smallest absolute Gasteiger partial charge is 0.226 e. The van der Waals surface area contributed by atoms with Crippen molar-refractivity contribution in [1.82, 2.24) is 9.97 Å². The maximum absolute atomic E-state index is 5.81. The first-order chi connectivity index (χ1) is 9.19. The molecule has 2 rings (SSSR count). The first-order valence-electron chi connectivity index (χ1n) is 6.21. The van der Waals surface area contributed by atoms with Gasteiger partial charge in [0.25, 0.3) is 0 Å². The Kier molecular flexibility index (Phi) is 4.95. The third-order valence-electron chi connectivity index (χ3n) is 2.42. The van der Waals surface area contributed by atoms with Crippen molar-refractivity contribution in [3.05, 3.63) is 39.6 Å². The summed E-state index contributed by atoms with van der Waals surface area (Å²) in [5.41, 5.74) is 0.884. The third kappa shape index (κ3) is 4.05. The van der Waals surface area contributed by atoms with Gasteiger partial charge in [0.15, 0.2) is 0 Å². The monoisotopic (exact) mass is 369 g/mol. The van der Waals surface area contributed by atoms with Crippen LogP contribution >= 0.6 is 22.6 Å². The second-order valence-electron chi connectivity index (χ2n) is 4.13. The van der Waals surface area contributed by atoms with E-state index in [0.717, 1.165) is 28.0 Å². The van der Waals surface area contributed by atoms with Crippen LogP contribution in [0.1, 0.15) is 19.0 Å². The SMILES string of the molecule is CCCNc1nc(C)cc(Oc2ccccc2I)n1. The lowest BCUT2D eigenvalue weighted by molar-refractivity contribution is 0.458. The summed E-state index contributed by atoms with van der Waals surface area (Å²) in [5.74, 6) is 1.99. The number of halogens is 1. The number of anilines is 1.